The lowest BCUT2D eigenvalue weighted by molar-refractivity contribution is -0.138. The molecule has 0 fully saturated rings. The second-order valence-electron chi connectivity index (χ2n) is 7.07. The fourth-order valence-electron chi connectivity index (χ4n) is 3.76. The van der Waals surface area contributed by atoms with E-state index in [1.54, 1.807) is 14.2 Å². The Balaban J connectivity index is 1.87. The Morgan fingerprint density at radius 1 is 1.07 bits per heavy atom. The topological polar surface area (TPSA) is 48.0 Å². The van der Waals surface area contributed by atoms with Crippen molar-refractivity contribution in [3.05, 3.63) is 83.2 Å². The third kappa shape index (κ3) is 4.67. The molecule has 0 bridgehead atoms. The van der Waals surface area contributed by atoms with Gasteiger partial charge in [-0.3, -0.25) is 0 Å². The lowest BCUT2D eigenvalue weighted by Crippen LogP contribution is -2.28. The van der Waals surface area contributed by atoms with Crippen molar-refractivity contribution in [2.24, 2.45) is 0 Å². The van der Waals surface area contributed by atoms with Gasteiger partial charge in [0, 0.05) is 24.4 Å². The summed E-state index contributed by atoms with van der Waals surface area (Å²) in [5.74, 6) is 1.24. The Morgan fingerprint density at radius 2 is 1.83 bits per heavy atom. The first kappa shape index (κ1) is 21.5. The Morgan fingerprint density at radius 3 is 2.50 bits per heavy atom. The normalized spacial score (nSPS) is 15.9. The minimum absolute atomic E-state index is 0.118. The maximum Gasteiger partial charge on any atom is 0.336 e. The molecule has 0 saturated carbocycles. The number of benzene rings is 2. The van der Waals surface area contributed by atoms with E-state index in [2.05, 4.69) is 17.2 Å². The van der Waals surface area contributed by atoms with Gasteiger partial charge in [-0.25, -0.2) is 4.79 Å². The molecule has 0 N–H and O–H groups in total. The lowest BCUT2D eigenvalue weighted by atomic mass is 9.87. The van der Waals surface area contributed by atoms with Crippen LogP contribution in [0.3, 0.4) is 0 Å². The standard InChI is InChI=1S/C25H29NO4/c1-5-30-25(27)24-18(2)26(16-14-22(24)19-9-7-6-8-10-19)15-13-20-17-21(28-3)11-12-23(20)29-4/h6-12,14,16-17,22H,5,13,15H2,1-4H3/t22-/m0/s1. The van der Waals surface area contributed by atoms with E-state index in [4.69, 9.17) is 14.2 Å². The van der Waals surface area contributed by atoms with Crippen LogP contribution in [-0.4, -0.2) is 38.2 Å². The molecule has 0 unspecified atom stereocenters. The van der Waals surface area contributed by atoms with Gasteiger partial charge < -0.3 is 19.1 Å². The summed E-state index contributed by atoms with van der Waals surface area (Å²) in [6.45, 7) is 4.86. The largest absolute Gasteiger partial charge is 0.497 e. The van der Waals surface area contributed by atoms with E-state index in [-0.39, 0.29) is 11.9 Å². The molecule has 0 aliphatic carbocycles. The van der Waals surface area contributed by atoms with E-state index in [1.165, 1.54) is 0 Å². The average molecular weight is 408 g/mol. The number of carbonyl (C=O) groups excluding carboxylic acids is 1. The predicted molar refractivity (Wildman–Crippen MR) is 118 cm³/mol. The highest BCUT2D eigenvalue weighted by Crippen LogP contribution is 2.34. The number of ether oxygens (including phenoxy) is 3. The highest BCUT2D eigenvalue weighted by atomic mass is 16.5. The van der Waals surface area contributed by atoms with Gasteiger partial charge in [-0.2, -0.15) is 0 Å². The summed E-state index contributed by atoms with van der Waals surface area (Å²) >= 11 is 0. The van der Waals surface area contributed by atoms with Crippen LogP contribution in [0.4, 0.5) is 0 Å². The van der Waals surface area contributed by atoms with Gasteiger partial charge in [0.1, 0.15) is 11.5 Å². The molecule has 3 rings (SSSR count). The second-order valence-corrected chi connectivity index (χ2v) is 7.07. The first-order valence-corrected chi connectivity index (χ1v) is 10.2. The van der Waals surface area contributed by atoms with Gasteiger partial charge >= 0.3 is 5.97 Å². The van der Waals surface area contributed by atoms with Gasteiger partial charge in [0.15, 0.2) is 0 Å². The quantitative estimate of drug-likeness (QED) is 0.594. The van der Waals surface area contributed by atoms with Crippen LogP contribution < -0.4 is 9.47 Å². The molecular weight excluding hydrogens is 378 g/mol. The highest BCUT2D eigenvalue weighted by molar-refractivity contribution is 5.92. The van der Waals surface area contributed by atoms with Crippen molar-refractivity contribution in [1.82, 2.24) is 4.90 Å². The first-order valence-electron chi connectivity index (χ1n) is 10.2. The summed E-state index contributed by atoms with van der Waals surface area (Å²) in [4.78, 5) is 14.9. The molecule has 0 amide bonds. The Labute approximate surface area is 178 Å². The number of rotatable bonds is 8. The van der Waals surface area contributed by atoms with Crippen LogP contribution in [0.25, 0.3) is 0 Å². The predicted octanol–water partition coefficient (Wildman–Crippen LogP) is 4.70. The molecule has 0 radical (unpaired) electrons. The fourth-order valence-corrected chi connectivity index (χ4v) is 3.76. The average Bonchev–Trinajstić information content (AvgIpc) is 2.78. The van der Waals surface area contributed by atoms with Gasteiger partial charge in [0.2, 0.25) is 0 Å². The minimum atomic E-state index is -0.267. The van der Waals surface area contributed by atoms with E-state index in [9.17, 15) is 4.79 Å². The zero-order valence-electron chi connectivity index (χ0n) is 18.1. The van der Waals surface area contributed by atoms with Crippen LogP contribution in [0, 0.1) is 0 Å². The summed E-state index contributed by atoms with van der Waals surface area (Å²) in [5, 5.41) is 0. The molecule has 1 aliphatic rings. The summed E-state index contributed by atoms with van der Waals surface area (Å²) in [5.41, 5.74) is 3.72. The van der Waals surface area contributed by atoms with Gasteiger partial charge in [-0.05, 0) is 49.6 Å². The van der Waals surface area contributed by atoms with Crippen LogP contribution in [0.15, 0.2) is 72.1 Å². The van der Waals surface area contributed by atoms with Crippen LogP contribution in [-0.2, 0) is 16.0 Å². The molecule has 0 aromatic heterocycles. The van der Waals surface area contributed by atoms with Crippen molar-refractivity contribution >= 4 is 5.97 Å². The summed E-state index contributed by atoms with van der Waals surface area (Å²) in [6, 6.07) is 15.8. The van der Waals surface area contributed by atoms with E-state index >= 15 is 0 Å². The van der Waals surface area contributed by atoms with Crippen molar-refractivity contribution in [1.29, 1.82) is 0 Å². The van der Waals surface area contributed by atoms with Crippen LogP contribution in [0.5, 0.6) is 11.5 Å². The zero-order valence-corrected chi connectivity index (χ0v) is 18.1. The Kier molecular flexibility index (Phi) is 7.17. The van der Waals surface area contributed by atoms with Gasteiger partial charge in [-0.1, -0.05) is 36.4 Å². The summed E-state index contributed by atoms with van der Waals surface area (Å²) in [7, 11) is 3.32. The zero-order chi connectivity index (χ0) is 21.5. The minimum Gasteiger partial charge on any atom is -0.497 e. The van der Waals surface area contributed by atoms with E-state index in [1.807, 2.05) is 62.4 Å². The van der Waals surface area contributed by atoms with Crippen LogP contribution >= 0.6 is 0 Å². The number of methoxy groups -OCH3 is 2. The maximum atomic E-state index is 12.8. The van der Waals surface area contributed by atoms with E-state index in [0.29, 0.717) is 18.7 Å². The number of nitrogens with zero attached hydrogens (tertiary/aromatic N) is 1. The highest BCUT2D eigenvalue weighted by Gasteiger charge is 2.29. The molecule has 158 valence electrons. The van der Waals surface area contributed by atoms with Crippen molar-refractivity contribution < 1.29 is 19.0 Å². The molecule has 5 nitrogen and oxygen atoms in total. The molecule has 0 spiro atoms. The maximum absolute atomic E-state index is 12.8. The number of esters is 1. The van der Waals surface area contributed by atoms with Crippen molar-refractivity contribution in [3.63, 3.8) is 0 Å². The van der Waals surface area contributed by atoms with Gasteiger partial charge in [-0.15, -0.1) is 0 Å². The summed E-state index contributed by atoms with van der Waals surface area (Å²) in [6.07, 6.45) is 4.87. The molecule has 1 aliphatic heterocycles. The molecular formula is C25H29NO4. The molecule has 2 aromatic rings. The molecule has 1 atom stereocenters. The van der Waals surface area contributed by atoms with Gasteiger partial charge in [0.05, 0.1) is 26.4 Å². The molecule has 0 saturated heterocycles. The SMILES string of the molecule is CCOC(=O)C1=C(C)N(CCc2cc(OC)ccc2OC)C=C[C@H]1c1ccccc1. The van der Waals surface area contributed by atoms with E-state index in [0.717, 1.165) is 34.7 Å². The number of allylic oxidation sites excluding steroid dienone is 2. The fraction of sp³-hybridized carbons (Fsp3) is 0.320. The van der Waals surface area contributed by atoms with Crippen molar-refractivity contribution in [2.45, 2.75) is 26.2 Å². The first-order chi connectivity index (χ1) is 14.6. The van der Waals surface area contributed by atoms with Gasteiger partial charge in [0.25, 0.3) is 0 Å². The Hall–Kier alpha value is -3.21. The van der Waals surface area contributed by atoms with Crippen molar-refractivity contribution in [2.75, 3.05) is 27.4 Å². The van der Waals surface area contributed by atoms with E-state index < -0.39 is 0 Å². The molecule has 5 heteroatoms. The lowest BCUT2D eigenvalue weighted by Gasteiger charge is -2.31. The second kappa shape index (κ2) is 10.0. The third-order valence-electron chi connectivity index (χ3n) is 5.35. The molecule has 30 heavy (non-hydrogen) atoms. The van der Waals surface area contributed by atoms with Crippen LogP contribution in [0.1, 0.15) is 30.9 Å². The third-order valence-corrected chi connectivity index (χ3v) is 5.35. The van der Waals surface area contributed by atoms with Crippen LogP contribution in [0.2, 0.25) is 0 Å². The number of hydrogen-bond acceptors (Lipinski definition) is 5. The summed E-state index contributed by atoms with van der Waals surface area (Å²) < 4.78 is 16.2. The Bertz CT molecular complexity index is 933. The smallest absolute Gasteiger partial charge is 0.336 e. The number of hydrogen-bond donors (Lipinski definition) is 0. The van der Waals surface area contributed by atoms with Crippen molar-refractivity contribution in [3.8, 4) is 11.5 Å². The monoisotopic (exact) mass is 407 g/mol. The molecule has 1 heterocycles. The number of carbonyl (C=O) groups is 1. The molecule has 2 aromatic carbocycles.